The van der Waals surface area contributed by atoms with Crippen LogP contribution in [0.3, 0.4) is 0 Å². The number of nitrogens with zero attached hydrogens (tertiary/aromatic N) is 3. The third kappa shape index (κ3) is 3.36. The lowest BCUT2D eigenvalue weighted by Gasteiger charge is -2.35. The lowest BCUT2D eigenvalue weighted by atomic mass is 9.98. The minimum absolute atomic E-state index is 0.116. The fraction of sp³-hybridized carbons (Fsp3) is 0.286. The van der Waals surface area contributed by atoms with E-state index in [1.54, 1.807) is 11.3 Å². The first-order valence-corrected chi connectivity index (χ1v) is 11.5. The third-order valence-corrected chi connectivity index (χ3v) is 7.15. The van der Waals surface area contributed by atoms with Crippen molar-refractivity contribution in [1.29, 1.82) is 0 Å². The highest BCUT2D eigenvalue weighted by Crippen LogP contribution is 2.36. The second kappa shape index (κ2) is 7.68. The van der Waals surface area contributed by atoms with Gasteiger partial charge in [-0.05, 0) is 35.9 Å². The van der Waals surface area contributed by atoms with Gasteiger partial charge in [0.15, 0.2) is 0 Å². The molecule has 1 amide bonds. The van der Waals surface area contributed by atoms with Crippen LogP contribution in [0.15, 0.2) is 51.5 Å². The zero-order chi connectivity index (χ0) is 19.8. The van der Waals surface area contributed by atoms with Crippen LogP contribution in [0.4, 0.5) is 0 Å². The number of para-hydroxylation sites is 1. The molecule has 8 heteroatoms. The number of nitrogens with one attached hydrogen (secondary N) is 1. The summed E-state index contributed by atoms with van der Waals surface area (Å²) in [5.41, 5.74) is 3.20. The average molecular weight is 425 g/mol. The molecule has 148 valence electrons. The average Bonchev–Trinajstić information content (AvgIpc) is 3.49. The molecule has 4 aromatic rings. The van der Waals surface area contributed by atoms with Crippen molar-refractivity contribution in [2.45, 2.75) is 31.0 Å². The van der Waals surface area contributed by atoms with Crippen molar-refractivity contribution in [3.8, 4) is 11.5 Å². The summed E-state index contributed by atoms with van der Waals surface area (Å²) in [7, 11) is 0. The Morgan fingerprint density at radius 3 is 3.14 bits per heavy atom. The number of hydrogen-bond donors (Lipinski definition) is 1. The number of carbonyl (C=O) groups is 1. The Labute approximate surface area is 176 Å². The lowest BCUT2D eigenvalue weighted by Crippen LogP contribution is -2.40. The van der Waals surface area contributed by atoms with E-state index in [-0.39, 0.29) is 11.9 Å². The summed E-state index contributed by atoms with van der Waals surface area (Å²) in [5.74, 6) is 0.876. The van der Waals surface area contributed by atoms with Gasteiger partial charge in [-0.3, -0.25) is 4.79 Å². The number of aromatic amines is 1. The minimum atomic E-state index is 0.116. The van der Waals surface area contributed by atoms with Gasteiger partial charge in [0.1, 0.15) is 0 Å². The van der Waals surface area contributed by atoms with Crippen LogP contribution in [-0.2, 0) is 11.2 Å². The van der Waals surface area contributed by atoms with Gasteiger partial charge in [0.2, 0.25) is 5.91 Å². The third-order valence-electron chi connectivity index (χ3n) is 5.35. The van der Waals surface area contributed by atoms with Gasteiger partial charge in [0, 0.05) is 28.5 Å². The molecule has 1 aliphatic heterocycles. The van der Waals surface area contributed by atoms with E-state index in [0.29, 0.717) is 16.9 Å². The van der Waals surface area contributed by atoms with Crippen LogP contribution < -0.4 is 0 Å². The number of carbonyl (C=O) groups excluding carboxylic acids is 1. The van der Waals surface area contributed by atoms with Gasteiger partial charge in [0.25, 0.3) is 11.1 Å². The maximum atomic E-state index is 12.9. The fourth-order valence-electron chi connectivity index (χ4n) is 3.97. The van der Waals surface area contributed by atoms with Gasteiger partial charge in [-0.2, -0.15) is 0 Å². The summed E-state index contributed by atoms with van der Waals surface area (Å²) in [4.78, 5) is 19.5. The number of thiophene rings is 1. The van der Waals surface area contributed by atoms with Gasteiger partial charge in [-0.1, -0.05) is 36.9 Å². The van der Waals surface area contributed by atoms with Gasteiger partial charge < -0.3 is 14.3 Å². The highest BCUT2D eigenvalue weighted by atomic mass is 32.2. The summed E-state index contributed by atoms with van der Waals surface area (Å²) in [5, 5.41) is 11.9. The Kier molecular flexibility index (Phi) is 4.89. The van der Waals surface area contributed by atoms with Gasteiger partial charge in [-0.15, -0.1) is 21.5 Å². The Balaban J connectivity index is 1.28. The van der Waals surface area contributed by atoms with E-state index in [2.05, 4.69) is 33.6 Å². The summed E-state index contributed by atoms with van der Waals surface area (Å²) < 4.78 is 5.82. The molecule has 5 rings (SSSR count). The van der Waals surface area contributed by atoms with Crippen molar-refractivity contribution in [2.75, 3.05) is 12.3 Å². The van der Waals surface area contributed by atoms with Crippen LogP contribution in [0.25, 0.3) is 22.4 Å². The second-order valence-electron chi connectivity index (χ2n) is 6.97. The van der Waals surface area contributed by atoms with Gasteiger partial charge >= 0.3 is 0 Å². The molecule has 0 saturated carbocycles. The van der Waals surface area contributed by atoms with Gasteiger partial charge in [0.05, 0.1) is 17.4 Å². The zero-order valence-corrected chi connectivity index (χ0v) is 17.6. The SMILES string of the molecule is CCC1c2ccsc2CCN1C(=O)CSc1nnc(-c2c[nH]c3ccccc23)o1. The van der Waals surface area contributed by atoms with Crippen molar-refractivity contribution in [2.24, 2.45) is 0 Å². The Hall–Kier alpha value is -2.58. The fourth-order valence-corrected chi connectivity index (χ4v) is 5.54. The first-order valence-electron chi connectivity index (χ1n) is 9.63. The molecule has 0 spiro atoms. The van der Waals surface area contributed by atoms with Crippen molar-refractivity contribution in [3.63, 3.8) is 0 Å². The second-order valence-corrected chi connectivity index (χ2v) is 8.90. The minimum Gasteiger partial charge on any atom is -0.411 e. The number of benzene rings is 1. The summed E-state index contributed by atoms with van der Waals surface area (Å²) in [6.45, 7) is 2.91. The predicted molar refractivity (Wildman–Crippen MR) is 115 cm³/mol. The molecule has 0 bridgehead atoms. The number of amides is 1. The zero-order valence-electron chi connectivity index (χ0n) is 15.9. The van der Waals surface area contributed by atoms with Crippen LogP contribution in [-0.4, -0.2) is 38.3 Å². The molecule has 0 aliphatic carbocycles. The number of H-pyrrole nitrogens is 1. The first-order chi connectivity index (χ1) is 14.2. The van der Waals surface area contributed by atoms with E-state index >= 15 is 0 Å². The van der Waals surface area contributed by atoms with Crippen molar-refractivity contribution < 1.29 is 9.21 Å². The number of fused-ring (bicyclic) bond motifs is 2. The maximum absolute atomic E-state index is 12.9. The van der Waals surface area contributed by atoms with Crippen molar-refractivity contribution >= 4 is 39.9 Å². The van der Waals surface area contributed by atoms with E-state index in [1.165, 1.54) is 22.2 Å². The largest absolute Gasteiger partial charge is 0.411 e. The van der Waals surface area contributed by atoms with Crippen LogP contribution in [0.2, 0.25) is 0 Å². The molecule has 0 fully saturated rings. The van der Waals surface area contributed by atoms with Gasteiger partial charge in [-0.25, -0.2) is 0 Å². The molecule has 1 N–H and O–H groups in total. The van der Waals surface area contributed by atoms with E-state index < -0.39 is 0 Å². The molecule has 3 aromatic heterocycles. The number of thioether (sulfide) groups is 1. The molecule has 6 nitrogen and oxygen atoms in total. The smallest absolute Gasteiger partial charge is 0.277 e. The molecule has 0 saturated heterocycles. The molecule has 1 aromatic carbocycles. The molecule has 1 atom stereocenters. The topological polar surface area (TPSA) is 75.0 Å². The molecule has 1 unspecified atom stereocenters. The van der Waals surface area contributed by atoms with E-state index in [9.17, 15) is 4.79 Å². The number of aromatic nitrogens is 3. The monoisotopic (exact) mass is 424 g/mol. The van der Waals surface area contributed by atoms with E-state index in [1.807, 2.05) is 35.4 Å². The highest BCUT2D eigenvalue weighted by molar-refractivity contribution is 7.99. The van der Waals surface area contributed by atoms with Crippen molar-refractivity contribution in [3.05, 3.63) is 52.3 Å². The standard InChI is InChI=1S/C21H20N4O2S2/c1-2-17-14-8-10-28-18(14)7-9-25(17)19(26)12-29-21-24-23-20(27-21)15-11-22-16-6-4-3-5-13(15)16/h3-6,8,10-11,17,22H,2,7,9,12H2,1H3. The highest BCUT2D eigenvalue weighted by Gasteiger charge is 2.30. The summed E-state index contributed by atoms with van der Waals surface area (Å²) in [6, 6.07) is 10.3. The van der Waals surface area contributed by atoms with E-state index in [4.69, 9.17) is 4.42 Å². The molecular formula is C21H20N4O2S2. The summed E-state index contributed by atoms with van der Waals surface area (Å²) in [6.07, 6.45) is 3.73. The predicted octanol–water partition coefficient (Wildman–Crippen LogP) is 4.91. The van der Waals surface area contributed by atoms with Crippen LogP contribution in [0.1, 0.15) is 29.8 Å². The number of hydrogen-bond acceptors (Lipinski definition) is 6. The molecule has 29 heavy (non-hydrogen) atoms. The summed E-state index contributed by atoms with van der Waals surface area (Å²) >= 11 is 3.09. The molecule has 4 heterocycles. The normalized spacial score (nSPS) is 16.3. The molecule has 0 radical (unpaired) electrons. The first kappa shape index (κ1) is 18.4. The molecule has 1 aliphatic rings. The Morgan fingerprint density at radius 2 is 2.24 bits per heavy atom. The van der Waals surface area contributed by atoms with Crippen molar-refractivity contribution in [1.82, 2.24) is 20.1 Å². The molecular weight excluding hydrogens is 404 g/mol. The quantitative estimate of drug-likeness (QED) is 0.461. The van der Waals surface area contributed by atoms with Crippen LogP contribution in [0.5, 0.6) is 0 Å². The lowest BCUT2D eigenvalue weighted by molar-refractivity contribution is -0.131. The Bertz CT molecular complexity index is 1160. The van der Waals surface area contributed by atoms with E-state index in [0.717, 1.165) is 35.9 Å². The van der Waals surface area contributed by atoms with Crippen LogP contribution >= 0.6 is 23.1 Å². The van der Waals surface area contributed by atoms with Crippen LogP contribution in [0, 0.1) is 0 Å². The maximum Gasteiger partial charge on any atom is 0.277 e. The Morgan fingerprint density at radius 1 is 1.34 bits per heavy atom. The number of rotatable bonds is 5.